The monoisotopic (exact) mass is 547 g/mol. The molecule has 0 N–H and O–H groups in total. The lowest BCUT2D eigenvalue weighted by atomic mass is 10.2. The van der Waals surface area contributed by atoms with Crippen LogP contribution in [0.3, 0.4) is 0 Å². The van der Waals surface area contributed by atoms with Crippen LogP contribution in [0, 0.1) is 0 Å². The zero-order valence-corrected chi connectivity index (χ0v) is 22.6. The number of carbonyl (C=O) groups excluding carboxylic acids is 2. The average Bonchev–Trinajstić information content (AvgIpc) is 3.22. The minimum atomic E-state index is -3.63. The van der Waals surface area contributed by atoms with Crippen molar-refractivity contribution in [3.8, 4) is 11.5 Å². The van der Waals surface area contributed by atoms with Crippen LogP contribution < -0.4 is 14.3 Å². The third kappa shape index (κ3) is 5.71. The summed E-state index contributed by atoms with van der Waals surface area (Å²) in [7, 11) is -3.63. The Hall–Kier alpha value is -3.22. The molecule has 2 aromatic carbocycles. The summed E-state index contributed by atoms with van der Waals surface area (Å²) < 4.78 is 45.9. The van der Waals surface area contributed by atoms with E-state index >= 15 is 0 Å². The van der Waals surface area contributed by atoms with E-state index in [1.807, 2.05) is 12.1 Å². The first-order valence-corrected chi connectivity index (χ1v) is 14.3. The molecule has 0 unspecified atom stereocenters. The van der Waals surface area contributed by atoms with Crippen molar-refractivity contribution in [2.24, 2.45) is 4.99 Å². The van der Waals surface area contributed by atoms with Gasteiger partial charge in [-0.2, -0.15) is 9.30 Å². The number of rotatable bonds is 9. The van der Waals surface area contributed by atoms with Crippen molar-refractivity contribution in [2.45, 2.75) is 38.6 Å². The number of benzene rings is 2. The van der Waals surface area contributed by atoms with Gasteiger partial charge >= 0.3 is 5.97 Å². The van der Waals surface area contributed by atoms with Crippen molar-refractivity contribution in [3.63, 3.8) is 0 Å². The zero-order valence-electron chi connectivity index (χ0n) is 20.9. The van der Waals surface area contributed by atoms with E-state index < -0.39 is 15.9 Å². The molecule has 0 aliphatic carbocycles. The quantitative estimate of drug-likeness (QED) is 0.378. The molecular formula is C25H29N3O7S2. The molecule has 1 aliphatic rings. The molecule has 0 saturated heterocycles. The maximum Gasteiger partial charge on any atom is 0.307 e. The predicted molar refractivity (Wildman–Crippen MR) is 138 cm³/mol. The second-order valence-electron chi connectivity index (χ2n) is 8.09. The van der Waals surface area contributed by atoms with E-state index in [1.165, 1.54) is 39.9 Å². The van der Waals surface area contributed by atoms with Crippen LogP contribution in [-0.4, -0.2) is 62.1 Å². The molecule has 10 nitrogen and oxygen atoms in total. The molecule has 4 rings (SSSR count). The number of carbonyl (C=O) groups is 2. The molecular weight excluding hydrogens is 518 g/mol. The largest absolute Gasteiger partial charge is 0.486 e. The highest BCUT2D eigenvalue weighted by atomic mass is 32.2. The molecule has 0 atom stereocenters. The van der Waals surface area contributed by atoms with Crippen LogP contribution in [0.5, 0.6) is 11.5 Å². The van der Waals surface area contributed by atoms with Gasteiger partial charge in [0.1, 0.15) is 13.2 Å². The summed E-state index contributed by atoms with van der Waals surface area (Å²) in [6.45, 7) is 7.41. The summed E-state index contributed by atoms with van der Waals surface area (Å²) in [6, 6.07) is 9.41. The number of aromatic nitrogens is 1. The van der Waals surface area contributed by atoms with Gasteiger partial charge in [-0.1, -0.05) is 25.2 Å². The first-order valence-electron chi connectivity index (χ1n) is 12.1. The van der Waals surface area contributed by atoms with Crippen molar-refractivity contribution in [2.75, 3.05) is 32.9 Å². The highest BCUT2D eigenvalue weighted by Gasteiger charge is 2.22. The molecule has 12 heteroatoms. The van der Waals surface area contributed by atoms with E-state index in [9.17, 15) is 18.0 Å². The number of sulfonamides is 1. The molecule has 0 saturated carbocycles. The number of thiazole rings is 1. The van der Waals surface area contributed by atoms with Gasteiger partial charge in [0.15, 0.2) is 16.3 Å². The molecule has 198 valence electrons. The Morgan fingerprint density at radius 2 is 1.70 bits per heavy atom. The number of hydrogen-bond acceptors (Lipinski definition) is 8. The summed E-state index contributed by atoms with van der Waals surface area (Å²) >= 11 is 1.29. The second kappa shape index (κ2) is 11.4. The van der Waals surface area contributed by atoms with Crippen molar-refractivity contribution in [1.29, 1.82) is 0 Å². The van der Waals surface area contributed by atoms with Crippen molar-refractivity contribution < 1.29 is 32.2 Å². The molecule has 0 fully saturated rings. The van der Waals surface area contributed by atoms with Crippen LogP contribution in [0.2, 0.25) is 0 Å². The molecule has 0 radical (unpaired) electrons. The lowest BCUT2D eigenvalue weighted by Crippen LogP contribution is -2.30. The third-order valence-electron chi connectivity index (χ3n) is 5.83. The van der Waals surface area contributed by atoms with Gasteiger partial charge in [-0.15, -0.1) is 0 Å². The first-order chi connectivity index (χ1) is 17.8. The standard InChI is InChI=1S/C25H29N3O7S2/c1-4-27(5-2)37(31,32)18-9-7-17(8-10-18)24(30)26-25-28(12-11-23(29)33-6-3)19-15-20-21(16-22(19)36-25)35-14-13-34-20/h7-10,15-16H,4-6,11-14H2,1-3H3. The molecule has 1 aliphatic heterocycles. The summed E-state index contributed by atoms with van der Waals surface area (Å²) in [5.74, 6) is 0.319. The SMILES string of the molecule is CCOC(=O)CCn1c(=NC(=O)c2ccc(S(=O)(=O)N(CC)CC)cc2)sc2cc3c(cc21)OCCO3. The number of fused-ring (bicyclic) bond motifs is 2. The van der Waals surface area contributed by atoms with E-state index in [-0.39, 0.29) is 36.0 Å². The average molecular weight is 548 g/mol. The van der Waals surface area contributed by atoms with Crippen molar-refractivity contribution >= 4 is 43.5 Å². The van der Waals surface area contributed by atoms with E-state index in [1.54, 1.807) is 25.3 Å². The molecule has 3 aromatic rings. The Kier molecular flexibility index (Phi) is 8.30. The van der Waals surface area contributed by atoms with Gasteiger partial charge in [0.25, 0.3) is 5.91 Å². The Labute approximate surface area is 219 Å². The molecule has 0 spiro atoms. The lowest BCUT2D eigenvalue weighted by Gasteiger charge is -2.18. The normalized spacial score (nSPS) is 13.8. The van der Waals surface area contributed by atoms with E-state index in [4.69, 9.17) is 14.2 Å². The molecule has 0 bridgehead atoms. The van der Waals surface area contributed by atoms with Crippen LogP contribution in [0.15, 0.2) is 46.3 Å². The molecule has 2 heterocycles. The summed E-state index contributed by atoms with van der Waals surface area (Å²) in [5, 5.41) is 0. The number of amides is 1. The number of nitrogens with zero attached hydrogens (tertiary/aromatic N) is 3. The maximum absolute atomic E-state index is 13.1. The van der Waals surface area contributed by atoms with Crippen LogP contribution >= 0.6 is 11.3 Å². The van der Waals surface area contributed by atoms with Gasteiger partial charge < -0.3 is 18.8 Å². The summed E-state index contributed by atoms with van der Waals surface area (Å²) in [5.41, 5.74) is 1.00. The number of esters is 1. The molecule has 1 amide bonds. The molecule has 1 aromatic heterocycles. The molecule has 37 heavy (non-hydrogen) atoms. The van der Waals surface area contributed by atoms with Gasteiger partial charge in [-0.05, 0) is 31.2 Å². The Balaban J connectivity index is 1.71. The smallest absolute Gasteiger partial charge is 0.307 e. The van der Waals surface area contributed by atoms with E-state index in [0.29, 0.717) is 42.6 Å². The third-order valence-corrected chi connectivity index (χ3v) is 8.94. The highest BCUT2D eigenvalue weighted by molar-refractivity contribution is 7.89. The Morgan fingerprint density at radius 3 is 2.32 bits per heavy atom. The minimum Gasteiger partial charge on any atom is -0.486 e. The van der Waals surface area contributed by atoms with Crippen molar-refractivity contribution in [3.05, 3.63) is 46.8 Å². The fourth-order valence-electron chi connectivity index (χ4n) is 3.98. The summed E-state index contributed by atoms with van der Waals surface area (Å²) in [4.78, 5) is 29.9. The topological polar surface area (TPSA) is 117 Å². The van der Waals surface area contributed by atoms with E-state index in [0.717, 1.165) is 10.2 Å². The van der Waals surface area contributed by atoms with Crippen LogP contribution in [0.25, 0.3) is 10.2 Å². The minimum absolute atomic E-state index is 0.105. The Bertz CT molecular complexity index is 1470. The van der Waals surface area contributed by atoms with E-state index in [2.05, 4.69) is 4.99 Å². The number of ether oxygens (including phenoxy) is 3. The van der Waals surface area contributed by atoms with Gasteiger partial charge in [0.05, 0.1) is 28.1 Å². The van der Waals surface area contributed by atoms with Gasteiger partial charge in [-0.3, -0.25) is 9.59 Å². The van der Waals surface area contributed by atoms with Crippen molar-refractivity contribution in [1.82, 2.24) is 8.87 Å². The zero-order chi connectivity index (χ0) is 26.6. The first kappa shape index (κ1) is 26.8. The number of aryl methyl sites for hydroxylation is 1. The predicted octanol–water partition coefficient (Wildman–Crippen LogP) is 3.20. The van der Waals surface area contributed by atoms with Gasteiger partial charge in [0, 0.05) is 37.3 Å². The summed E-state index contributed by atoms with van der Waals surface area (Å²) in [6.07, 6.45) is 0.105. The van der Waals surface area contributed by atoms with Gasteiger partial charge in [-0.25, -0.2) is 8.42 Å². The van der Waals surface area contributed by atoms with Crippen LogP contribution in [0.4, 0.5) is 0 Å². The highest BCUT2D eigenvalue weighted by Crippen LogP contribution is 2.35. The van der Waals surface area contributed by atoms with Crippen LogP contribution in [0.1, 0.15) is 37.6 Å². The number of hydrogen-bond donors (Lipinski definition) is 0. The fourth-order valence-corrected chi connectivity index (χ4v) is 6.50. The van der Waals surface area contributed by atoms with Crippen LogP contribution in [-0.2, 0) is 26.1 Å². The fraction of sp³-hybridized carbons (Fsp3) is 0.400. The lowest BCUT2D eigenvalue weighted by molar-refractivity contribution is -0.143. The Morgan fingerprint density at radius 1 is 1.05 bits per heavy atom. The maximum atomic E-state index is 13.1. The van der Waals surface area contributed by atoms with Gasteiger partial charge in [0.2, 0.25) is 10.0 Å². The second-order valence-corrected chi connectivity index (χ2v) is 11.0.